The molecular formula is C14H17ClFNO4. The maximum absolute atomic E-state index is 12.9. The van der Waals surface area contributed by atoms with Gasteiger partial charge in [0.05, 0.1) is 5.02 Å². The summed E-state index contributed by atoms with van der Waals surface area (Å²) in [5.41, 5.74) is 0. The number of amides is 1. The highest BCUT2D eigenvalue weighted by Crippen LogP contribution is 2.25. The minimum absolute atomic E-state index is 0.0765. The average Bonchev–Trinajstić information content (AvgIpc) is 2.40. The molecule has 1 amide bonds. The lowest BCUT2D eigenvalue weighted by atomic mass is 10.2. The van der Waals surface area contributed by atoms with Crippen LogP contribution in [0.15, 0.2) is 18.2 Å². The molecule has 0 aliphatic heterocycles. The molecule has 0 aliphatic rings. The maximum Gasteiger partial charge on any atom is 0.303 e. The van der Waals surface area contributed by atoms with Crippen LogP contribution in [0.25, 0.3) is 0 Å². The number of ether oxygens (including phenoxy) is 1. The molecule has 0 saturated carbocycles. The van der Waals surface area contributed by atoms with Crippen LogP contribution in [0.4, 0.5) is 4.39 Å². The fourth-order valence-corrected chi connectivity index (χ4v) is 1.78. The van der Waals surface area contributed by atoms with E-state index in [-0.39, 0.29) is 23.1 Å². The maximum atomic E-state index is 12.9. The van der Waals surface area contributed by atoms with Crippen LogP contribution in [0.1, 0.15) is 26.2 Å². The Morgan fingerprint density at radius 3 is 2.76 bits per heavy atom. The second-order valence-electron chi connectivity index (χ2n) is 4.48. The van der Waals surface area contributed by atoms with Gasteiger partial charge in [-0.15, -0.1) is 0 Å². The smallest absolute Gasteiger partial charge is 0.303 e. The van der Waals surface area contributed by atoms with E-state index in [1.165, 1.54) is 12.1 Å². The number of hydrogen-bond donors (Lipinski definition) is 2. The molecule has 0 saturated heterocycles. The quantitative estimate of drug-likeness (QED) is 0.723. The first-order chi connectivity index (χ1) is 9.90. The number of unbranched alkanes of at least 4 members (excludes halogenated alkanes) is 1. The molecule has 1 aromatic rings. The molecular weight excluding hydrogens is 301 g/mol. The second kappa shape index (κ2) is 8.46. The van der Waals surface area contributed by atoms with E-state index in [9.17, 15) is 14.0 Å². The third-order valence-electron chi connectivity index (χ3n) is 2.68. The van der Waals surface area contributed by atoms with Crippen LogP contribution < -0.4 is 10.1 Å². The summed E-state index contributed by atoms with van der Waals surface area (Å²) in [7, 11) is 0. The lowest BCUT2D eigenvalue weighted by Gasteiger charge is -2.15. The fourth-order valence-electron chi connectivity index (χ4n) is 1.57. The summed E-state index contributed by atoms with van der Waals surface area (Å²) < 4.78 is 18.2. The van der Waals surface area contributed by atoms with Crippen LogP contribution in [0.3, 0.4) is 0 Å². The van der Waals surface area contributed by atoms with Crippen LogP contribution in [0.2, 0.25) is 5.02 Å². The molecule has 1 atom stereocenters. The van der Waals surface area contributed by atoms with Crippen LogP contribution in [0.5, 0.6) is 5.75 Å². The highest BCUT2D eigenvalue weighted by molar-refractivity contribution is 6.32. The van der Waals surface area contributed by atoms with Crippen LogP contribution in [-0.2, 0) is 9.59 Å². The van der Waals surface area contributed by atoms with E-state index >= 15 is 0 Å². The van der Waals surface area contributed by atoms with Gasteiger partial charge < -0.3 is 15.2 Å². The predicted octanol–water partition coefficient (Wildman–Crippen LogP) is 2.62. The zero-order valence-electron chi connectivity index (χ0n) is 11.6. The summed E-state index contributed by atoms with van der Waals surface area (Å²) in [6.45, 7) is 1.92. The number of rotatable bonds is 8. The standard InChI is InChI=1S/C14H17ClFNO4/c1-9(14(20)17-7-3-2-4-13(18)19)21-12-6-5-10(16)8-11(12)15/h5-6,8-9H,2-4,7H2,1H3,(H,17,20)(H,18,19). The third-order valence-corrected chi connectivity index (χ3v) is 2.98. The van der Waals surface area contributed by atoms with Gasteiger partial charge in [0.15, 0.2) is 6.10 Å². The van der Waals surface area contributed by atoms with Gasteiger partial charge in [0.2, 0.25) is 0 Å². The van der Waals surface area contributed by atoms with Gasteiger partial charge in [0, 0.05) is 13.0 Å². The van der Waals surface area contributed by atoms with Crippen molar-refractivity contribution in [3.63, 3.8) is 0 Å². The molecule has 1 rings (SSSR count). The number of halogens is 2. The molecule has 1 aromatic carbocycles. The minimum atomic E-state index is -0.857. The van der Waals surface area contributed by atoms with Crippen molar-refractivity contribution in [1.29, 1.82) is 0 Å². The summed E-state index contributed by atoms with van der Waals surface area (Å²) in [4.78, 5) is 22.1. The van der Waals surface area contributed by atoms with Gasteiger partial charge in [-0.05, 0) is 38.0 Å². The Morgan fingerprint density at radius 1 is 1.43 bits per heavy atom. The normalized spacial score (nSPS) is 11.8. The SMILES string of the molecule is CC(Oc1ccc(F)cc1Cl)C(=O)NCCCCC(=O)O. The molecule has 1 unspecified atom stereocenters. The molecule has 0 bridgehead atoms. The number of hydrogen-bond acceptors (Lipinski definition) is 3. The molecule has 116 valence electrons. The minimum Gasteiger partial charge on any atom is -0.481 e. The molecule has 0 heterocycles. The topological polar surface area (TPSA) is 75.6 Å². The molecule has 2 N–H and O–H groups in total. The third kappa shape index (κ3) is 6.44. The molecule has 21 heavy (non-hydrogen) atoms. The Labute approximate surface area is 127 Å². The molecule has 7 heteroatoms. The fraction of sp³-hybridized carbons (Fsp3) is 0.429. The van der Waals surface area contributed by atoms with Crippen molar-refractivity contribution in [2.75, 3.05) is 6.54 Å². The number of carboxylic acids is 1. The van der Waals surface area contributed by atoms with E-state index in [1.54, 1.807) is 6.92 Å². The summed E-state index contributed by atoms with van der Waals surface area (Å²) in [5.74, 6) is -1.45. The lowest BCUT2D eigenvalue weighted by molar-refractivity contribution is -0.137. The largest absolute Gasteiger partial charge is 0.481 e. The van der Waals surface area contributed by atoms with E-state index < -0.39 is 17.9 Å². The first-order valence-corrected chi connectivity index (χ1v) is 6.89. The van der Waals surface area contributed by atoms with Gasteiger partial charge in [-0.3, -0.25) is 9.59 Å². The highest BCUT2D eigenvalue weighted by atomic mass is 35.5. The van der Waals surface area contributed by atoms with E-state index in [1.807, 2.05) is 0 Å². The lowest BCUT2D eigenvalue weighted by Crippen LogP contribution is -2.36. The van der Waals surface area contributed by atoms with E-state index in [0.29, 0.717) is 19.4 Å². The van der Waals surface area contributed by atoms with Gasteiger partial charge in [-0.25, -0.2) is 4.39 Å². The summed E-state index contributed by atoms with van der Waals surface area (Å²) in [5, 5.41) is 11.2. The number of nitrogens with one attached hydrogen (secondary N) is 1. The van der Waals surface area contributed by atoms with Crippen molar-refractivity contribution in [3.05, 3.63) is 29.0 Å². The Balaban J connectivity index is 2.35. The number of benzene rings is 1. The van der Waals surface area contributed by atoms with Gasteiger partial charge in [-0.1, -0.05) is 11.6 Å². The van der Waals surface area contributed by atoms with Crippen molar-refractivity contribution in [3.8, 4) is 5.75 Å². The average molecular weight is 318 g/mol. The highest BCUT2D eigenvalue weighted by Gasteiger charge is 2.15. The van der Waals surface area contributed by atoms with E-state index in [0.717, 1.165) is 6.07 Å². The van der Waals surface area contributed by atoms with Crippen molar-refractivity contribution in [2.45, 2.75) is 32.3 Å². The zero-order chi connectivity index (χ0) is 15.8. The van der Waals surface area contributed by atoms with Gasteiger partial charge >= 0.3 is 5.97 Å². The molecule has 0 aliphatic carbocycles. The Morgan fingerprint density at radius 2 is 2.14 bits per heavy atom. The van der Waals surface area contributed by atoms with Crippen LogP contribution in [-0.4, -0.2) is 29.6 Å². The van der Waals surface area contributed by atoms with E-state index in [2.05, 4.69) is 5.32 Å². The first kappa shape index (κ1) is 17.2. The summed E-state index contributed by atoms with van der Waals surface area (Å²) >= 11 is 5.80. The number of carbonyl (C=O) groups is 2. The Hall–Kier alpha value is -1.82. The Bertz CT molecular complexity index is 510. The van der Waals surface area contributed by atoms with Crippen LogP contribution >= 0.6 is 11.6 Å². The van der Waals surface area contributed by atoms with Gasteiger partial charge in [0.1, 0.15) is 11.6 Å². The zero-order valence-corrected chi connectivity index (χ0v) is 12.3. The first-order valence-electron chi connectivity index (χ1n) is 6.51. The van der Waals surface area contributed by atoms with Crippen molar-refractivity contribution in [1.82, 2.24) is 5.32 Å². The molecule has 0 fully saturated rings. The number of carboxylic acid groups (broad SMARTS) is 1. The molecule has 0 radical (unpaired) electrons. The van der Waals surface area contributed by atoms with Crippen molar-refractivity contribution < 1.29 is 23.8 Å². The Kier molecular flexibility index (Phi) is 6.94. The molecule has 0 aromatic heterocycles. The van der Waals surface area contributed by atoms with Crippen molar-refractivity contribution >= 4 is 23.5 Å². The second-order valence-corrected chi connectivity index (χ2v) is 4.88. The van der Waals surface area contributed by atoms with Crippen LogP contribution in [0, 0.1) is 5.82 Å². The monoisotopic (exact) mass is 317 g/mol. The summed E-state index contributed by atoms with van der Waals surface area (Å²) in [6.07, 6.45) is 0.358. The number of carbonyl (C=O) groups excluding carboxylic acids is 1. The number of aliphatic carboxylic acids is 1. The summed E-state index contributed by atoms with van der Waals surface area (Å²) in [6, 6.07) is 3.65. The van der Waals surface area contributed by atoms with E-state index in [4.69, 9.17) is 21.4 Å². The predicted molar refractivity (Wildman–Crippen MR) is 76.0 cm³/mol. The van der Waals surface area contributed by atoms with Gasteiger partial charge in [0.25, 0.3) is 5.91 Å². The molecule has 5 nitrogen and oxygen atoms in total. The van der Waals surface area contributed by atoms with Crippen molar-refractivity contribution in [2.24, 2.45) is 0 Å². The molecule has 0 spiro atoms. The van der Waals surface area contributed by atoms with Gasteiger partial charge in [-0.2, -0.15) is 0 Å².